The quantitative estimate of drug-likeness (QED) is 0.678. The number of nitrogens with one attached hydrogen (secondary N) is 2. The van der Waals surface area contributed by atoms with Crippen LogP contribution in [0.15, 0.2) is 54.7 Å². The van der Waals surface area contributed by atoms with E-state index in [4.69, 9.17) is 5.73 Å². The van der Waals surface area contributed by atoms with Crippen LogP contribution < -0.4 is 11.1 Å². The summed E-state index contributed by atoms with van der Waals surface area (Å²) in [5, 5.41) is 4.02. The van der Waals surface area contributed by atoms with Crippen molar-refractivity contribution < 1.29 is 4.79 Å². The second kappa shape index (κ2) is 6.67. The average molecular weight is 307 g/mol. The third kappa shape index (κ3) is 3.60. The van der Waals surface area contributed by atoms with Crippen LogP contribution in [0.2, 0.25) is 0 Å². The molecule has 118 valence electrons. The summed E-state index contributed by atoms with van der Waals surface area (Å²) in [7, 11) is 0. The van der Waals surface area contributed by atoms with Crippen molar-refractivity contribution in [1.82, 2.24) is 10.3 Å². The molecule has 23 heavy (non-hydrogen) atoms. The van der Waals surface area contributed by atoms with E-state index in [1.807, 2.05) is 61.7 Å². The fourth-order valence-corrected chi connectivity index (χ4v) is 2.66. The number of benzene rings is 2. The summed E-state index contributed by atoms with van der Waals surface area (Å²) in [6, 6.07) is 15.6. The van der Waals surface area contributed by atoms with E-state index in [1.54, 1.807) is 0 Å². The monoisotopic (exact) mass is 307 g/mol. The first-order valence-electron chi connectivity index (χ1n) is 7.77. The number of carbonyl (C=O) groups is 1. The highest BCUT2D eigenvalue weighted by Crippen LogP contribution is 2.18. The van der Waals surface area contributed by atoms with Crippen LogP contribution >= 0.6 is 0 Å². The molecule has 0 spiro atoms. The molecule has 3 aromatic rings. The Labute approximate surface area is 135 Å². The number of para-hydroxylation sites is 1. The Balaban J connectivity index is 1.60. The van der Waals surface area contributed by atoms with E-state index in [1.165, 1.54) is 5.56 Å². The predicted molar refractivity (Wildman–Crippen MR) is 93.0 cm³/mol. The molecular weight excluding hydrogens is 286 g/mol. The highest BCUT2D eigenvalue weighted by Gasteiger charge is 2.15. The van der Waals surface area contributed by atoms with Gasteiger partial charge in [0.2, 0.25) is 5.91 Å². The zero-order valence-electron chi connectivity index (χ0n) is 13.2. The molecule has 0 bridgehead atoms. The molecule has 4 heteroatoms. The lowest BCUT2D eigenvalue weighted by molar-refractivity contribution is -0.122. The van der Waals surface area contributed by atoms with Gasteiger partial charge in [0.25, 0.3) is 0 Å². The minimum atomic E-state index is -0.556. The summed E-state index contributed by atoms with van der Waals surface area (Å²) < 4.78 is 0. The van der Waals surface area contributed by atoms with E-state index in [-0.39, 0.29) is 5.91 Å². The number of hydrogen-bond acceptors (Lipinski definition) is 2. The first-order valence-corrected chi connectivity index (χ1v) is 7.77. The van der Waals surface area contributed by atoms with Gasteiger partial charge in [-0.05, 0) is 30.5 Å². The highest BCUT2D eigenvalue weighted by molar-refractivity contribution is 5.86. The summed E-state index contributed by atoms with van der Waals surface area (Å²) in [5.74, 6) is -0.129. The standard InChI is InChI=1S/C19H21N3O/c1-13-6-8-14(9-7-13)11-22-19(23)17(20)10-15-12-21-18-5-3-2-4-16(15)18/h2-9,12,17,21H,10-11,20H2,1H3,(H,22,23). The van der Waals surface area contributed by atoms with Gasteiger partial charge >= 0.3 is 0 Å². The third-order valence-electron chi connectivity index (χ3n) is 4.04. The Bertz CT molecular complexity index is 805. The number of H-pyrrole nitrogens is 1. The van der Waals surface area contributed by atoms with Crippen LogP contribution in [0.4, 0.5) is 0 Å². The third-order valence-corrected chi connectivity index (χ3v) is 4.04. The van der Waals surface area contributed by atoms with E-state index in [0.717, 1.165) is 22.0 Å². The minimum Gasteiger partial charge on any atom is -0.361 e. The molecule has 4 nitrogen and oxygen atoms in total. The molecule has 4 N–H and O–H groups in total. The highest BCUT2D eigenvalue weighted by atomic mass is 16.2. The van der Waals surface area contributed by atoms with E-state index >= 15 is 0 Å². The van der Waals surface area contributed by atoms with E-state index in [2.05, 4.69) is 10.3 Å². The first kappa shape index (κ1) is 15.3. The number of fused-ring (bicyclic) bond motifs is 1. The SMILES string of the molecule is Cc1ccc(CNC(=O)C(N)Cc2c[nH]c3ccccc23)cc1. The van der Waals surface area contributed by atoms with Crippen molar-refractivity contribution in [3.63, 3.8) is 0 Å². The number of amides is 1. The number of rotatable bonds is 5. The fourth-order valence-electron chi connectivity index (χ4n) is 2.66. The van der Waals surface area contributed by atoms with Gasteiger partial charge < -0.3 is 16.0 Å². The van der Waals surface area contributed by atoms with Crippen LogP contribution in [-0.4, -0.2) is 16.9 Å². The molecule has 1 amide bonds. The van der Waals surface area contributed by atoms with Crippen molar-refractivity contribution in [1.29, 1.82) is 0 Å². The van der Waals surface area contributed by atoms with Crippen LogP contribution in [0.5, 0.6) is 0 Å². The molecule has 1 atom stereocenters. The molecule has 1 aromatic heterocycles. The molecule has 0 fully saturated rings. The molecular formula is C19H21N3O. The number of aromatic nitrogens is 1. The Morgan fingerprint density at radius 3 is 2.70 bits per heavy atom. The summed E-state index contributed by atoms with van der Waals surface area (Å²) in [4.78, 5) is 15.4. The van der Waals surface area contributed by atoms with Crippen molar-refractivity contribution in [2.75, 3.05) is 0 Å². The summed E-state index contributed by atoms with van der Waals surface area (Å²) >= 11 is 0. The van der Waals surface area contributed by atoms with E-state index in [9.17, 15) is 4.79 Å². The zero-order valence-corrected chi connectivity index (χ0v) is 13.2. The molecule has 0 aliphatic rings. The van der Waals surface area contributed by atoms with E-state index < -0.39 is 6.04 Å². The van der Waals surface area contributed by atoms with Gasteiger partial charge in [-0.3, -0.25) is 4.79 Å². The van der Waals surface area contributed by atoms with Gasteiger partial charge in [0.05, 0.1) is 6.04 Å². The minimum absolute atomic E-state index is 0.129. The largest absolute Gasteiger partial charge is 0.361 e. The number of hydrogen-bond donors (Lipinski definition) is 3. The van der Waals surface area contributed by atoms with Gasteiger partial charge in [-0.25, -0.2) is 0 Å². The fraction of sp³-hybridized carbons (Fsp3) is 0.211. The van der Waals surface area contributed by atoms with Gasteiger partial charge in [-0.2, -0.15) is 0 Å². The Hall–Kier alpha value is -2.59. The molecule has 0 saturated carbocycles. The smallest absolute Gasteiger partial charge is 0.237 e. The Morgan fingerprint density at radius 1 is 1.17 bits per heavy atom. The van der Waals surface area contributed by atoms with Crippen LogP contribution in [0, 0.1) is 6.92 Å². The molecule has 0 radical (unpaired) electrons. The molecule has 2 aromatic carbocycles. The van der Waals surface area contributed by atoms with Crippen molar-refractivity contribution in [2.24, 2.45) is 5.73 Å². The summed E-state index contributed by atoms with van der Waals surface area (Å²) in [5.41, 5.74) is 10.5. The zero-order chi connectivity index (χ0) is 16.2. The van der Waals surface area contributed by atoms with Crippen LogP contribution in [0.3, 0.4) is 0 Å². The maximum Gasteiger partial charge on any atom is 0.237 e. The van der Waals surface area contributed by atoms with Crippen LogP contribution in [-0.2, 0) is 17.8 Å². The van der Waals surface area contributed by atoms with Crippen molar-refractivity contribution in [2.45, 2.75) is 25.9 Å². The number of nitrogens with two attached hydrogens (primary N) is 1. The molecule has 0 aliphatic heterocycles. The van der Waals surface area contributed by atoms with Gasteiger partial charge in [-0.15, -0.1) is 0 Å². The Kier molecular flexibility index (Phi) is 4.44. The van der Waals surface area contributed by atoms with Crippen molar-refractivity contribution in [3.05, 3.63) is 71.4 Å². The predicted octanol–water partition coefficient (Wildman–Crippen LogP) is 2.66. The second-order valence-electron chi connectivity index (χ2n) is 5.87. The lowest BCUT2D eigenvalue weighted by Crippen LogP contribution is -2.41. The van der Waals surface area contributed by atoms with Gasteiger partial charge in [0.15, 0.2) is 0 Å². The lowest BCUT2D eigenvalue weighted by Gasteiger charge is -2.12. The van der Waals surface area contributed by atoms with E-state index in [0.29, 0.717) is 13.0 Å². The Morgan fingerprint density at radius 2 is 1.91 bits per heavy atom. The summed E-state index contributed by atoms with van der Waals surface area (Å²) in [6.07, 6.45) is 2.45. The molecule has 0 saturated heterocycles. The number of aryl methyl sites for hydroxylation is 1. The number of carbonyl (C=O) groups excluding carboxylic acids is 1. The summed E-state index contributed by atoms with van der Waals surface area (Å²) in [6.45, 7) is 2.54. The molecule has 1 heterocycles. The first-order chi connectivity index (χ1) is 11.1. The van der Waals surface area contributed by atoms with Crippen molar-refractivity contribution >= 4 is 16.8 Å². The van der Waals surface area contributed by atoms with Gasteiger partial charge in [-0.1, -0.05) is 48.0 Å². The number of aromatic amines is 1. The van der Waals surface area contributed by atoms with Crippen LogP contribution in [0.1, 0.15) is 16.7 Å². The average Bonchev–Trinajstić information content (AvgIpc) is 2.97. The molecule has 1 unspecified atom stereocenters. The topological polar surface area (TPSA) is 70.9 Å². The normalized spacial score (nSPS) is 12.3. The second-order valence-corrected chi connectivity index (χ2v) is 5.87. The molecule has 3 rings (SSSR count). The maximum atomic E-state index is 12.2. The van der Waals surface area contributed by atoms with Crippen LogP contribution in [0.25, 0.3) is 10.9 Å². The maximum absolute atomic E-state index is 12.2. The van der Waals surface area contributed by atoms with Gasteiger partial charge in [0.1, 0.15) is 0 Å². The lowest BCUT2D eigenvalue weighted by atomic mass is 10.0. The van der Waals surface area contributed by atoms with Crippen molar-refractivity contribution in [3.8, 4) is 0 Å². The molecule has 0 aliphatic carbocycles. The van der Waals surface area contributed by atoms with Gasteiger partial charge in [0, 0.05) is 23.6 Å².